The van der Waals surface area contributed by atoms with E-state index in [1.54, 1.807) is 12.1 Å². The van der Waals surface area contributed by atoms with Crippen LogP contribution in [0.5, 0.6) is 0 Å². The molecule has 0 saturated carbocycles. The lowest BCUT2D eigenvalue weighted by Gasteiger charge is -2.13. The van der Waals surface area contributed by atoms with E-state index >= 15 is 0 Å². The second kappa shape index (κ2) is 7.78. The lowest BCUT2D eigenvalue weighted by molar-refractivity contribution is 0.0175. The Balaban J connectivity index is 0.00000139. The summed E-state index contributed by atoms with van der Waals surface area (Å²) in [5, 5.41) is 9.06. The second-order valence-electron chi connectivity index (χ2n) is 5.02. The Hall–Kier alpha value is -2.61. The number of Topliss-reactive ketones (excluding diaryl/α,β-unsaturated/α-hetero) is 1. The van der Waals surface area contributed by atoms with E-state index in [9.17, 15) is 18.0 Å². The summed E-state index contributed by atoms with van der Waals surface area (Å²) in [6.45, 7) is 5.93. The number of carbonyl (C=O) groups is 1. The molecule has 0 aliphatic carbocycles. The van der Waals surface area contributed by atoms with Gasteiger partial charge in [-0.05, 0) is 36.2 Å². The molecule has 0 aliphatic heterocycles. The summed E-state index contributed by atoms with van der Waals surface area (Å²) in [6.07, 6.45) is 0. The maximum Gasteiger partial charge on any atom is 0.270 e. The fourth-order valence-corrected chi connectivity index (χ4v) is 2.19. The minimum absolute atomic E-state index is 0.115. The number of ketones is 1. The molecule has 2 aromatic carbocycles. The van der Waals surface area contributed by atoms with Crippen molar-refractivity contribution in [3.63, 3.8) is 0 Å². The molecule has 2 rings (SSSR count). The number of hydrogen-bond donors (Lipinski definition) is 0. The first-order valence-corrected chi connectivity index (χ1v) is 7.47. The Morgan fingerprint density at radius 1 is 1.12 bits per heavy atom. The van der Waals surface area contributed by atoms with Gasteiger partial charge >= 0.3 is 0 Å². The summed E-state index contributed by atoms with van der Waals surface area (Å²) in [4.78, 5) is 11.4. The molecule has 0 heterocycles. The number of rotatable bonds is 3. The highest BCUT2D eigenvalue weighted by Crippen LogP contribution is 2.31. The van der Waals surface area contributed by atoms with Crippen molar-refractivity contribution < 1.29 is 18.0 Å². The van der Waals surface area contributed by atoms with E-state index in [-0.39, 0.29) is 22.3 Å². The number of halogens is 3. The maximum atomic E-state index is 14.0. The zero-order valence-corrected chi connectivity index (χ0v) is 14.0. The quantitative estimate of drug-likeness (QED) is 0.676. The smallest absolute Gasteiger partial charge is 0.270 e. The molecule has 0 unspecified atom stereocenters. The third kappa shape index (κ3) is 4.23. The molecule has 0 aliphatic rings. The average Bonchev–Trinajstić information content (AvgIpc) is 2.54. The van der Waals surface area contributed by atoms with Crippen molar-refractivity contribution in [1.82, 2.24) is 0 Å². The average molecular weight is 333 g/mol. The first-order chi connectivity index (χ1) is 11.2. The van der Waals surface area contributed by atoms with Crippen molar-refractivity contribution in [3.8, 4) is 17.2 Å². The topological polar surface area (TPSA) is 40.9 Å². The standard InChI is InChI=1S/C17H12F3NO.C2H6/c1-10(22)16-13(9-21)6-12(8-15(16)18)11-4-3-5-14(7-11)17(2,19)20;1-2/h3-8H,1-2H3;1-2H3. The molecule has 0 atom stereocenters. The van der Waals surface area contributed by atoms with Gasteiger partial charge in [0.15, 0.2) is 5.78 Å². The molecule has 0 fully saturated rings. The van der Waals surface area contributed by atoms with Crippen LogP contribution in [0.4, 0.5) is 13.2 Å². The Morgan fingerprint density at radius 3 is 2.25 bits per heavy atom. The van der Waals surface area contributed by atoms with E-state index in [0.717, 1.165) is 19.9 Å². The van der Waals surface area contributed by atoms with Crippen LogP contribution >= 0.6 is 0 Å². The minimum atomic E-state index is -3.02. The SMILES string of the molecule is CC.CC(=O)c1c(F)cc(-c2cccc(C(C)(F)F)c2)cc1C#N. The number of alkyl halides is 2. The zero-order chi connectivity index (χ0) is 18.5. The van der Waals surface area contributed by atoms with E-state index < -0.39 is 17.5 Å². The molecule has 2 nitrogen and oxygen atoms in total. The lowest BCUT2D eigenvalue weighted by Crippen LogP contribution is -2.07. The monoisotopic (exact) mass is 333 g/mol. The summed E-state index contributed by atoms with van der Waals surface area (Å²) in [5.74, 6) is -4.42. The molecule has 2 aromatic rings. The Morgan fingerprint density at radius 2 is 1.75 bits per heavy atom. The zero-order valence-electron chi connectivity index (χ0n) is 14.0. The molecule has 0 N–H and O–H groups in total. The van der Waals surface area contributed by atoms with Crippen LogP contribution in [-0.4, -0.2) is 5.78 Å². The van der Waals surface area contributed by atoms with Crippen LogP contribution in [-0.2, 0) is 5.92 Å². The van der Waals surface area contributed by atoms with Gasteiger partial charge in [-0.1, -0.05) is 32.0 Å². The van der Waals surface area contributed by atoms with Crippen LogP contribution in [0.2, 0.25) is 0 Å². The van der Waals surface area contributed by atoms with Crippen molar-refractivity contribution in [2.24, 2.45) is 0 Å². The number of nitriles is 1. The third-order valence-electron chi connectivity index (χ3n) is 3.27. The van der Waals surface area contributed by atoms with E-state index in [0.29, 0.717) is 5.56 Å². The number of carbonyl (C=O) groups excluding carboxylic acids is 1. The van der Waals surface area contributed by atoms with Gasteiger partial charge in [0.05, 0.1) is 11.1 Å². The van der Waals surface area contributed by atoms with Crippen LogP contribution in [0, 0.1) is 17.1 Å². The van der Waals surface area contributed by atoms with Gasteiger partial charge in [0.1, 0.15) is 11.9 Å². The van der Waals surface area contributed by atoms with E-state index in [4.69, 9.17) is 5.26 Å². The van der Waals surface area contributed by atoms with Gasteiger partial charge in [0, 0.05) is 12.5 Å². The van der Waals surface area contributed by atoms with Gasteiger partial charge in [-0.2, -0.15) is 5.26 Å². The Labute approximate surface area is 139 Å². The Bertz CT molecular complexity index is 786. The summed E-state index contributed by atoms with van der Waals surface area (Å²) < 4.78 is 40.8. The summed E-state index contributed by atoms with van der Waals surface area (Å²) in [5.41, 5.74) is 0.00799. The predicted molar refractivity (Wildman–Crippen MR) is 87.5 cm³/mol. The molecular formula is C19H18F3NO. The first-order valence-electron chi connectivity index (χ1n) is 7.47. The van der Waals surface area contributed by atoms with Crippen molar-refractivity contribution in [2.45, 2.75) is 33.6 Å². The summed E-state index contributed by atoms with van der Waals surface area (Å²) in [7, 11) is 0. The summed E-state index contributed by atoms with van der Waals surface area (Å²) in [6, 6.07) is 9.65. The van der Waals surface area contributed by atoms with Crippen LogP contribution in [0.15, 0.2) is 36.4 Å². The van der Waals surface area contributed by atoms with Crippen LogP contribution in [0.3, 0.4) is 0 Å². The van der Waals surface area contributed by atoms with Gasteiger partial charge in [-0.25, -0.2) is 13.2 Å². The van der Waals surface area contributed by atoms with Crippen molar-refractivity contribution in [1.29, 1.82) is 5.26 Å². The highest BCUT2D eigenvalue weighted by atomic mass is 19.3. The van der Waals surface area contributed by atoms with Gasteiger partial charge in [0.25, 0.3) is 5.92 Å². The number of hydrogen-bond acceptors (Lipinski definition) is 2. The maximum absolute atomic E-state index is 14.0. The molecule has 0 spiro atoms. The molecule has 0 amide bonds. The third-order valence-corrected chi connectivity index (χ3v) is 3.27. The summed E-state index contributed by atoms with van der Waals surface area (Å²) >= 11 is 0. The number of nitrogens with zero attached hydrogens (tertiary/aromatic N) is 1. The molecule has 0 bridgehead atoms. The van der Waals surface area contributed by atoms with Crippen molar-refractivity contribution in [3.05, 3.63) is 58.9 Å². The fourth-order valence-electron chi connectivity index (χ4n) is 2.19. The molecule has 5 heteroatoms. The van der Waals surface area contributed by atoms with Gasteiger partial charge in [-0.3, -0.25) is 4.79 Å². The largest absolute Gasteiger partial charge is 0.294 e. The van der Waals surface area contributed by atoms with Gasteiger partial charge < -0.3 is 0 Å². The predicted octanol–water partition coefficient (Wildman–Crippen LogP) is 5.70. The van der Waals surface area contributed by atoms with E-state index in [1.165, 1.54) is 24.3 Å². The normalized spacial score (nSPS) is 10.4. The van der Waals surface area contributed by atoms with E-state index in [2.05, 4.69) is 0 Å². The minimum Gasteiger partial charge on any atom is -0.294 e. The molecule has 0 saturated heterocycles. The van der Waals surface area contributed by atoms with Gasteiger partial charge in [0.2, 0.25) is 0 Å². The fraction of sp³-hybridized carbons (Fsp3) is 0.263. The van der Waals surface area contributed by atoms with Crippen molar-refractivity contribution in [2.75, 3.05) is 0 Å². The first kappa shape index (κ1) is 19.4. The molecule has 0 aromatic heterocycles. The Kier molecular flexibility index (Phi) is 6.30. The van der Waals surface area contributed by atoms with Gasteiger partial charge in [-0.15, -0.1) is 0 Å². The number of benzene rings is 2. The molecule has 0 radical (unpaired) electrons. The molecule has 24 heavy (non-hydrogen) atoms. The van der Waals surface area contributed by atoms with Crippen LogP contribution in [0.25, 0.3) is 11.1 Å². The van der Waals surface area contributed by atoms with Crippen LogP contribution < -0.4 is 0 Å². The van der Waals surface area contributed by atoms with Crippen molar-refractivity contribution >= 4 is 5.78 Å². The molecule has 126 valence electrons. The highest BCUT2D eigenvalue weighted by molar-refractivity contribution is 5.97. The lowest BCUT2D eigenvalue weighted by atomic mass is 9.95. The molecular weight excluding hydrogens is 315 g/mol. The second-order valence-corrected chi connectivity index (χ2v) is 5.02. The highest BCUT2D eigenvalue weighted by Gasteiger charge is 2.24. The van der Waals surface area contributed by atoms with Crippen LogP contribution in [0.1, 0.15) is 49.2 Å². The van der Waals surface area contributed by atoms with E-state index in [1.807, 2.05) is 13.8 Å².